The average Bonchev–Trinajstić information content (AvgIpc) is 3.06. The molecule has 32 heavy (non-hydrogen) atoms. The Kier molecular flexibility index (Phi) is 6.63. The van der Waals surface area contributed by atoms with E-state index in [1.807, 2.05) is 60.7 Å². The maximum absolute atomic E-state index is 12.9. The van der Waals surface area contributed by atoms with E-state index in [4.69, 9.17) is 17.0 Å². The zero-order valence-corrected chi connectivity index (χ0v) is 18.5. The molecule has 0 atom stereocenters. The molecule has 1 heterocycles. The molecule has 1 aliphatic heterocycles. The molecule has 3 aromatic carbocycles. The van der Waals surface area contributed by atoms with Crippen molar-refractivity contribution in [2.45, 2.75) is 13.2 Å². The molecular formula is C24H18N2O4S2. The summed E-state index contributed by atoms with van der Waals surface area (Å²) in [6.45, 7) is 0.724. The second-order valence-electron chi connectivity index (χ2n) is 7.04. The van der Waals surface area contributed by atoms with Gasteiger partial charge >= 0.3 is 0 Å². The summed E-state index contributed by atoms with van der Waals surface area (Å²) < 4.78 is 6.36. The van der Waals surface area contributed by atoms with Gasteiger partial charge in [0.15, 0.2) is 0 Å². The molecule has 0 aromatic heterocycles. The number of carbonyl (C=O) groups excluding carboxylic acids is 1. The number of ether oxygens (including phenoxy) is 1. The summed E-state index contributed by atoms with van der Waals surface area (Å²) in [5.74, 6) is 0.526. The van der Waals surface area contributed by atoms with Crippen LogP contribution in [0.4, 0.5) is 5.69 Å². The number of nitrogens with zero attached hydrogens (tertiary/aromatic N) is 2. The Hall–Kier alpha value is -3.49. The molecule has 6 nitrogen and oxygen atoms in total. The first-order valence-electron chi connectivity index (χ1n) is 9.75. The van der Waals surface area contributed by atoms with E-state index in [0.717, 1.165) is 16.7 Å². The molecule has 0 bridgehead atoms. The highest BCUT2D eigenvalue weighted by Crippen LogP contribution is 2.34. The van der Waals surface area contributed by atoms with Gasteiger partial charge in [-0.25, -0.2) is 0 Å². The molecule has 3 aromatic rings. The SMILES string of the molecule is O=C1/C(=C/c2cccc(OCc3ccc([N+](=O)[O-])cc3)c2)SC(=S)N1Cc1ccccc1. The van der Waals surface area contributed by atoms with E-state index in [-0.39, 0.29) is 18.2 Å². The van der Waals surface area contributed by atoms with Gasteiger partial charge in [-0.3, -0.25) is 19.8 Å². The van der Waals surface area contributed by atoms with Gasteiger partial charge in [-0.1, -0.05) is 66.4 Å². The second kappa shape index (κ2) is 9.76. The van der Waals surface area contributed by atoms with Gasteiger partial charge in [-0.05, 0) is 47.0 Å². The summed E-state index contributed by atoms with van der Waals surface area (Å²) in [7, 11) is 0. The minimum Gasteiger partial charge on any atom is -0.489 e. The quantitative estimate of drug-likeness (QED) is 0.198. The fourth-order valence-electron chi connectivity index (χ4n) is 3.13. The molecule has 0 saturated carbocycles. The van der Waals surface area contributed by atoms with Gasteiger partial charge < -0.3 is 4.74 Å². The topological polar surface area (TPSA) is 72.7 Å². The van der Waals surface area contributed by atoms with Crippen molar-refractivity contribution < 1.29 is 14.5 Å². The molecule has 0 unspecified atom stereocenters. The highest BCUT2D eigenvalue weighted by Gasteiger charge is 2.31. The van der Waals surface area contributed by atoms with E-state index in [2.05, 4.69) is 0 Å². The number of rotatable bonds is 7. The zero-order chi connectivity index (χ0) is 22.5. The minimum absolute atomic E-state index is 0.0420. The summed E-state index contributed by atoms with van der Waals surface area (Å²) in [6, 6.07) is 23.4. The lowest BCUT2D eigenvalue weighted by molar-refractivity contribution is -0.384. The number of hydrogen-bond acceptors (Lipinski definition) is 6. The van der Waals surface area contributed by atoms with Crippen LogP contribution in [0.1, 0.15) is 16.7 Å². The third kappa shape index (κ3) is 5.22. The Balaban J connectivity index is 1.43. The first-order valence-corrected chi connectivity index (χ1v) is 11.0. The third-order valence-corrected chi connectivity index (χ3v) is 6.14. The van der Waals surface area contributed by atoms with Gasteiger partial charge in [0.05, 0.1) is 16.4 Å². The Labute approximate surface area is 194 Å². The fraction of sp³-hybridized carbons (Fsp3) is 0.0833. The molecule has 0 spiro atoms. The molecule has 1 fully saturated rings. The number of nitro benzene ring substituents is 1. The van der Waals surface area contributed by atoms with Crippen LogP contribution in [0.3, 0.4) is 0 Å². The lowest BCUT2D eigenvalue weighted by Gasteiger charge is -2.14. The van der Waals surface area contributed by atoms with E-state index in [0.29, 0.717) is 21.5 Å². The summed E-state index contributed by atoms with van der Waals surface area (Å²) in [4.78, 5) is 25.4. The Morgan fingerprint density at radius 2 is 1.75 bits per heavy atom. The van der Waals surface area contributed by atoms with Gasteiger partial charge in [0, 0.05) is 12.1 Å². The molecule has 1 aliphatic rings. The van der Waals surface area contributed by atoms with Crippen LogP contribution in [0.25, 0.3) is 6.08 Å². The monoisotopic (exact) mass is 462 g/mol. The number of hydrogen-bond donors (Lipinski definition) is 0. The van der Waals surface area contributed by atoms with E-state index in [9.17, 15) is 14.9 Å². The molecule has 8 heteroatoms. The van der Waals surface area contributed by atoms with Crippen molar-refractivity contribution in [3.8, 4) is 5.75 Å². The molecule has 4 rings (SSSR count). The Bertz CT molecular complexity index is 1190. The van der Waals surface area contributed by atoms with E-state index >= 15 is 0 Å². The van der Waals surface area contributed by atoms with Crippen LogP contribution in [0, 0.1) is 10.1 Å². The number of thioether (sulfide) groups is 1. The molecule has 160 valence electrons. The zero-order valence-electron chi connectivity index (χ0n) is 16.8. The molecule has 0 aliphatic carbocycles. The predicted octanol–water partition coefficient (Wildman–Crippen LogP) is 5.58. The van der Waals surface area contributed by atoms with Gasteiger partial charge in [0.1, 0.15) is 16.7 Å². The largest absolute Gasteiger partial charge is 0.489 e. The first-order chi connectivity index (χ1) is 15.5. The van der Waals surface area contributed by atoms with E-state index in [1.165, 1.54) is 23.9 Å². The number of carbonyl (C=O) groups is 1. The maximum Gasteiger partial charge on any atom is 0.269 e. The standard InChI is InChI=1S/C24H18N2O4S2/c27-23-22(32-24(31)25(23)15-17-5-2-1-3-6-17)14-19-7-4-8-21(13-19)30-16-18-9-11-20(12-10-18)26(28)29/h1-14H,15-16H2/b22-14-. The van der Waals surface area contributed by atoms with E-state index in [1.54, 1.807) is 17.0 Å². The maximum atomic E-state index is 12.9. The lowest BCUT2D eigenvalue weighted by atomic mass is 10.2. The van der Waals surface area contributed by atoms with E-state index < -0.39 is 4.92 Å². The van der Waals surface area contributed by atoms with Crippen molar-refractivity contribution in [2.24, 2.45) is 0 Å². The molecule has 0 N–H and O–H groups in total. The Morgan fingerprint density at radius 3 is 2.47 bits per heavy atom. The first kappa shape index (κ1) is 21.7. The van der Waals surface area contributed by atoms with Crippen molar-refractivity contribution in [3.05, 3.63) is 111 Å². The minimum atomic E-state index is -0.434. The van der Waals surface area contributed by atoms with Crippen LogP contribution < -0.4 is 4.74 Å². The van der Waals surface area contributed by atoms with Gasteiger partial charge in [0.2, 0.25) is 0 Å². The lowest BCUT2D eigenvalue weighted by Crippen LogP contribution is -2.27. The van der Waals surface area contributed by atoms with Crippen molar-refractivity contribution in [3.63, 3.8) is 0 Å². The van der Waals surface area contributed by atoms with Gasteiger partial charge in [-0.15, -0.1) is 0 Å². The number of non-ortho nitro benzene ring substituents is 1. The van der Waals surface area contributed by atoms with Crippen LogP contribution in [0.15, 0.2) is 83.8 Å². The highest BCUT2D eigenvalue weighted by molar-refractivity contribution is 8.26. The van der Waals surface area contributed by atoms with Crippen LogP contribution in [-0.2, 0) is 17.9 Å². The fourth-order valence-corrected chi connectivity index (χ4v) is 4.38. The average molecular weight is 463 g/mol. The second-order valence-corrected chi connectivity index (χ2v) is 8.71. The van der Waals surface area contributed by atoms with Crippen LogP contribution in [0.2, 0.25) is 0 Å². The van der Waals surface area contributed by atoms with Crippen molar-refractivity contribution in [1.29, 1.82) is 0 Å². The summed E-state index contributed by atoms with van der Waals surface area (Å²) >= 11 is 6.71. The van der Waals surface area contributed by atoms with Crippen LogP contribution >= 0.6 is 24.0 Å². The van der Waals surface area contributed by atoms with Gasteiger partial charge in [0.25, 0.3) is 11.6 Å². The molecule has 1 saturated heterocycles. The summed E-state index contributed by atoms with van der Waals surface area (Å²) in [6.07, 6.45) is 1.81. The van der Waals surface area contributed by atoms with Gasteiger partial charge in [-0.2, -0.15) is 0 Å². The smallest absolute Gasteiger partial charge is 0.269 e. The van der Waals surface area contributed by atoms with Crippen molar-refractivity contribution >= 4 is 46.0 Å². The number of amides is 1. The third-order valence-electron chi connectivity index (χ3n) is 4.77. The van der Waals surface area contributed by atoms with Crippen LogP contribution in [-0.4, -0.2) is 20.1 Å². The number of thiocarbonyl (C=S) groups is 1. The molecular weight excluding hydrogens is 444 g/mol. The Morgan fingerprint density at radius 1 is 1.00 bits per heavy atom. The molecule has 0 radical (unpaired) electrons. The highest BCUT2D eigenvalue weighted by atomic mass is 32.2. The van der Waals surface area contributed by atoms with Crippen molar-refractivity contribution in [1.82, 2.24) is 4.90 Å². The number of nitro groups is 1. The molecule has 1 amide bonds. The number of benzene rings is 3. The summed E-state index contributed by atoms with van der Waals surface area (Å²) in [5, 5.41) is 10.8. The normalized spacial score (nSPS) is 14.8. The van der Waals surface area contributed by atoms with Crippen molar-refractivity contribution in [2.75, 3.05) is 0 Å². The van der Waals surface area contributed by atoms with Crippen LogP contribution in [0.5, 0.6) is 5.75 Å². The summed E-state index contributed by atoms with van der Waals surface area (Å²) in [5.41, 5.74) is 2.71. The predicted molar refractivity (Wildman–Crippen MR) is 129 cm³/mol.